The predicted octanol–water partition coefficient (Wildman–Crippen LogP) is 4.02. The van der Waals surface area contributed by atoms with Gasteiger partial charge in [0.1, 0.15) is 11.5 Å². The highest BCUT2D eigenvalue weighted by molar-refractivity contribution is 5.96. The highest BCUT2D eigenvalue weighted by Crippen LogP contribution is 2.20. The number of amides is 2. The summed E-state index contributed by atoms with van der Waals surface area (Å²) in [5.74, 6) is 0.162. The minimum atomic E-state index is -0.853. The molecule has 3 aromatic rings. The van der Waals surface area contributed by atoms with Gasteiger partial charge in [-0.3, -0.25) is 19.7 Å². The lowest BCUT2D eigenvalue weighted by molar-refractivity contribution is -0.384. The van der Waals surface area contributed by atoms with Gasteiger partial charge in [-0.2, -0.15) is 0 Å². The molecule has 0 radical (unpaired) electrons. The van der Waals surface area contributed by atoms with Crippen molar-refractivity contribution >= 4 is 28.9 Å². The van der Waals surface area contributed by atoms with Crippen LogP contribution in [0.4, 0.5) is 17.1 Å². The second kappa shape index (κ2) is 10.6. The van der Waals surface area contributed by atoms with Crippen LogP contribution < -0.4 is 20.1 Å². The summed E-state index contributed by atoms with van der Waals surface area (Å²) in [6.07, 6.45) is -0.853. The summed E-state index contributed by atoms with van der Waals surface area (Å²) < 4.78 is 10.9. The van der Waals surface area contributed by atoms with Gasteiger partial charge in [-0.05, 0) is 49.4 Å². The lowest BCUT2D eigenvalue weighted by Crippen LogP contribution is -2.30. The van der Waals surface area contributed by atoms with Gasteiger partial charge >= 0.3 is 0 Å². The van der Waals surface area contributed by atoms with E-state index in [4.69, 9.17) is 9.47 Å². The molecule has 0 spiro atoms. The van der Waals surface area contributed by atoms with Crippen molar-refractivity contribution in [3.05, 3.63) is 89.0 Å². The van der Waals surface area contributed by atoms with E-state index in [-0.39, 0.29) is 18.2 Å². The third-order valence-electron chi connectivity index (χ3n) is 4.26. The SMILES string of the molecule is CC(Oc1ccc([N+](=O)[O-])cc1)C(=O)Nc1cccc(NC(=O)COc2ccccc2)c1. The molecular weight excluding hydrogens is 414 g/mol. The fourth-order valence-electron chi connectivity index (χ4n) is 2.69. The molecule has 0 aliphatic rings. The fraction of sp³-hybridized carbons (Fsp3) is 0.130. The number of carbonyl (C=O) groups is 2. The van der Waals surface area contributed by atoms with Crippen LogP contribution in [0, 0.1) is 10.1 Å². The quantitative estimate of drug-likeness (QED) is 0.387. The summed E-state index contributed by atoms with van der Waals surface area (Å²) in [5.41, 5.74) is 0.895. The summed E-state index contributed by atoms with van der Waals surface area (Å²) in [7, 11) is 0. The maximum Gasteiger partial charge on any atom is 0.269 e. The Bertz CT molecular complexity index is 1090. The number of nitrogens with one attached hydrogen (secondary N) is 2. The Morgan fingerprint density at radius 3 is 2.22 bits per heavy atom. The molecule has 1 atom stereocenters. The first-order valence-electron chi connectivity index (χ1n) is 9.70. The average Bonchev–Trinajstić information content (AvgIpc) is 2.79. The van der Waals surface area contributed by atoms with Crippen molar-refractivity contribution in [2.75, 3.05) is 17.2 Å². The van der Waals surface area contributed by atoms with Crippen LogP contribution in [-0.4, -0.2) is 29.4 Å². The van der Waals surface area contributed by atoms with Crippen LogP contribution >= 0.6 is 0 Å². The van der Waals surface area contributed by atoms with Gasteiger partial charge < -0.3 is 20.1 Å². The second-order valence-corrected chi connectivity index (χ2v) is 6.73. The van der Waals surface area contributed by atoms with E-state index in [1.54, 1.807) is 43.3 Å². The molecule has 0 aliphatic carbocycles. The van der Waals surface area contributed by atoms with Crippen LogP contribution in [0.15, 0.2) is 78.9 Å². The molecule has 0 saturated carbocycles. The molecule has 1 unspecified atom stereocenters. The monoisotopic (exact) mass is 435 g/mol. The second-order valence-electron chi connectivity index (χ2n) is 6.73. The summed E-state index contributed by atoms with van der Waals surface area (Å²) in [5, 5.41) is 16.1. The maximum atomic E-state index is 12.4. The molecule has 0 aliphatic heterocycles. The van der Waals surface area contributed by atoms with E-state index in [9.17, 15) is 19.7 Å². The topological polar surface area (TPSA) is 120 Å². The number of hydrogen-bond donors (Lipinski definition) is 2. The molecule has 0 saturated heterocycles. The zero-order chi connectivity index (χ0) is 22.9. The smallest absolute Gasteiger partial charge is 0.269 e. The van der Waals surface area contributed by atoms with Gasteiger partial charge in [-0.1, -0.05) is 24.3 Å². The van der Waals surface area contributed by atoms with E-state index < -0.39 is 16.9 Å². The highest BCUT2D eigenvalue weighted by atomic mass is 16.6. The van der Waals surface area contributed by atoms with Crippen molar-refractivity contribution in [2.45, 2.75) is 13.0 Å². The van der Waals surface area contributed by atoms with Crippen LogP contribution in [0.1, 0.15) is 6.92 Å². The summed E-state index contributed by atoms with van der Waals surface area (Å²) in [6.45, 7) is 1.41. The third-order valence-corrected chi connectivity index (χ3v) is 4.26. The number of non-ortho nitro benzene ring substituents is 1. The van der Waals surface area contributed by atoms with Crippen molar-refractivity contribution in [2.24, 2.45) is 0 Å². The maximum absolute atomic E-state index is 12.4. The van der Waals surface area contributed by atoms with Gasteiger partial charge in [0.05, 0.1) is 4.92 Å². The predicted molar refractivity (Wildman–Crippen MR) is 119 cm³/mol. The van der Waals surface area contributed by atoms with Gasteiger partial charge in [0.25, 0.3) is 17.5 Å². The highest BCUT2D eigenvalue weighted by Gasteiger charge is 2.16. The minimum absolute atomic E-state index is 0.0671. The minimum Gasteiger partial charge on any atom is -0.484 e. The molecule has 0 bridgehead atoms. The van der Waals surface area contributed by atoms with Crippen LogP contribution in [0.5, 0.6) is 11.5 Å². The van der Waals surface area contributed by atoms with E-state index in [0.717, 1.165) is 0 Å². The van der Waals surface area contributed by atoms with Crippen LogP contribution in [-0.2, 0) is 9.59 Å². The number of nitro benzene ring substituents is 1. The Morgan fingerprint density at radius 2 is 1.56 bits per heavy atom. The van der Waals surface area contributed by atoms with E-state index in [1.165, 1.54) is 24.3 Å². The lowest BCUT2D eigenvalue weighted by Gasteiger charge is -2.15. The number of nitro groups is 1. The van der Waals surface area contributed by atoms with Crippen molar-refractivity contribution in [1.82, 2.24) is 0 Å². The molecule has 0 fully saturated rings. The summed E-state index contributed by atoms with van der Waals surface area (Å²) >= 11 is 0. The molecule has 164 valence electrons. The number of para-hydroxylation sites is 1. The van der Waals surface area contributed by atoms with Gasteiger partial charge in [-0.25, -0.2) is 0 Å². The Kier molecular flexibility index (Phi) is 7.37. The van der Waals surface area contributed by atoms with E-state index in [1.807, 2.05) is 18.2 Å². The zero-order valence-electron chi connectivity index (χ0n) is 17.2. The largest absolute Gasteiger partial charge is 0.484 e. The number of ether oxygens (including phenoxy) is 2. The molecule has 3 aromatic carbocycles. The lowest BCUT2D eigenvalue weighted by atomic mass is 10.2. The fourth-order valence-corrected chi connectivity index (χ4v) is 2.69. The summed E-state index contributed by atoms with van der Waals surface area (Å²) in [6, 6.07) is 21.1. The van der Waals surface area contributed by atoms with Crippen LogP contribution in [0.2, 0.25) is 0 Å². The van der Waals surface area contributed by atoms with Crippen molar-refractivity contribution < 1.29 is 24.0 Å². The molecule has 0 heterocycles. The third kappa shape index (κ3) is 6.56. The molecule has 2 N–H and O–H groups in total. The Labute approximate surface area is 184 Å². The van der Waals surface area contributed by atoms with Gasteiger partial charge in [0, 0.05) is 23.5 Å². The number of benzene rings is 3. The Hall–Kier alpha value is -4.40. The first kappa shape index (κ1) is 22.3. The first-order chi connectivity index (χ1) is 15.4. The normalized spacial score (nSPS) is 11.2. The average molecular weight is 435 g/mol. The van der Waals surface area contributed by atoms with Gasteiger partial charge in [0.2, 0.25) is 0 Å². The molecule has 32 heavy (non-hydrogen) atoms. The van der Waals surface area contributed by atoms with E-state index in [2.05, 4.69) is 10.6 Å². The standard InChI is InChI=1S/C23H21N3O6/c1-16(32-21-12-10-19(11-13-21)26(29)30)23(28)25-18-7-5-6-17(14-18)24-22(27)15-31-20-8-3-2-4-9-20/h2-14,16H,15H2,1H3,(H,24,27)(H,25,28). The van der Waals surface area contributed by atoms with Crippen molar-refractivity contribution in [3.8, 4) is 11.5 Å². The Balaban J connectivity index is 1.52. The number of nitrogens with zero attached hydrogens (tertiary/aromatic N) is 1. The molecule has 2 amide bonds. The summed E-state index contributed by atoms with van der Waals surface area (Å²) in [4.78, 5) is 34.7. The van der Waals surface area contributed by atoms with Gasteiger partial charge in [0.15, 0.2) is 12.7 Å². The molecular formula is C23H21N3O6. The first-order valence-corrected chi connectivity index (χ1v) is 9.70. The number of carbonyl (C=O) groups excluding carboxylic acids is 2. The molecule has 0 aromatic heterocycles. The van der Waals surface area contributed by atoms with Crippen LogP contribution in [0.25, 0.3) is 0 Å². The number of rotatable bonds is 9. The Morgan fingerprint density at radius 1 is 0.906 bits per heavy atom. The van der Waals surface area contributed by atoms with E-state index in [0.29, 0.717) is 22.9 Å². The number of anilines is 2. The van der Waals surface area contributed by atoms with Gasteiger partial charge in [-0.15, -0.1) is 0 Å². The van der Waals surface area contributed by atoms with Crippen LogP contribution in [0.3, 0.4) is 0 Å². The van der Waals surface area contributed by atoms with E-state index >= 15 is 0 Å². The molecule has 9 nitrogen and oxygen atoms in total. The van der Waals surface area contributed by atoms with Crippen molar-refractivity contribution in [3.63, 3.8) is 0 Å². The number of hydrogen-bond acceptors (Lipinski definition) is 6. The van der Waals surface area contributed by atoms with Crippen molar-refractivity contribution in [1.29, 1.82) is 0 Å². The molecule has 3 rings (SSSR count). The molecule has 9 heteroatoms. The zero-order valence-corrected chi connectivity index (χ0v) is 17.2.